The number of aliphatic hydroxyl groups excluding tert-OH is 1. The third-order valence-corrected chi connectivity index (χ3v) is 5.57. The number of aliphatic hydroxyl groups is 1. The molecule has 0 saturated heterocycles. The molecule has 2 N–H and O–H groups in total. The number of nitrogens with one attached hydrogen (secondary N) is 1. The maximum absolute atomic E-state index is 11.7. The molecule has 0 aliphatic heterocycles. The molecular formula is C10H21NO3S2. The van der Waals surface area contributed by atoms with Crippen LogP contribution in [0.4, 0.5) is 0 Å². The maximum atomic E-state index is 11.7. The molecule has 1 fully saturated rings. The number of hydrogen-bond donors (Lipinski definition) is 2. The Balaban J connectivity index is 2.39. The van der Waals surface area contributed by atoms with Crippen molar-refractivity contribution in [2.24, 2.45) is 0 Å². The highest BCUT2D eigenvalue weighted by Crippen LogP contribution is 2.28. The van der Waals surface area contributed by atoms with Gasteiger partial charge in [0.15, 0.2) is 0 Å². The van der Waals surface area contributed by atoms with Crippen molar-refractivity contribution < 1.29 is 13.5 Å². The van der Waals surface area contributed by atoms with E-state index in [0.29, 0.717) is 18.1 Å². The molecule has 96 valence electrons. The molecule has 0 aromatic heterocycles. The molecule has 0 amide bonds. The molecule has 1 saturated carbocycles. The van der Waals surface area contributed by atoms with E-state index < -0.39 is 10.0 Å². The first-order valence-electron chi connectivity index (χ1n) is 5.72. The van der Waals surface area contributed by atoms with Crippen molar-refractivity contribution in [2.75, 3.05) is 18.6 Å². The average Bonchev–Trinajstić information content (AvgIpc) is 2.64. The summed E-state index contributed by atoms with van der Waals surface area (Å²) in [5.74, 6) is 0.130. The highest BCUT2D eigenvalue weighted by molar-refractivity contribution is 7.99. The maximum Gasteiger partial charge on any atom is 0.211 e. The van der Waals surface area contributed by atoms with E-state index in [4.69, 9.17) is 5.11 Å². The summed E-state index contributed by atoms with van der Waals surface area (Å²) in [4.78, 5) is 0. The fourth-order valence-corrected chi connectivity index (χ4v) is 4.50. The van der Waals surface area contributed by atoms with Crippen LogP contribution >= 0.6 is 11.8 Å². The fourth-order valence-electron chi connectivity index (χ4n) is 2.04. The van der Waals surface area contributed by atoms with Gasteiger partial charge in [-0.1, -0.05) is 6.42 Å². The van der Waals surface area contributed by atoms with Crippen LogP contribution in [0.2, 0.25) is 0 Å². The molecule has 0 heterocycles. The SMILES string of the molecule is CSC1CCCC1NS(=O)(=O)CCCCO. The zero-order valence-corrected chi connectivity index (χ0v) is 11.3. The predicted molar refractivity (Wildman–Crippen MR) is 68.2 cm³/mol. The van der Waals surface area contributed by atoms with Crippen molar-refractivity contribution in [3.8, 4) is 0 Å². The summed E-state index contributed by atoms with van der Waals surface area (Å²) in [6.45, 7) is 0.0619. The molecule has 0 bridgehead atoms. The van der Waals surface area contributed by atoms with Gasteiger partial charge in [-0.25, -0.2) is 13.1 Å². The quantitative estimate of drug-likeness (QED) is 0.674. The van der Waals surface area contributed by atoms with Crippen LogP contribution in [0, 0.1) is 0 Å². The summed E-state index contributed by atoms with van der Waals surface area (Å²) in [5.41, 5.74) is 0. The number of hydrogen-bond acceptors (Lipinski definition) is 4. The molecule has 1 rings (SSSR count). The van der Waals surface area contributed by atoms with Crippen LogP contribution < -0.4 is 4.72 Å². The van der Waals surface area contributed by atoms with E-state index in [1.165, 1.54) is 0 Å². The van der Waals surface area contributed by atoms with Gasteiger partial charge in [0, 0.05) is 17.9 Å². The molecular weight excluding hydrogens is 246 g/mol. The second-order valence-electron chi connectivity index (χ2n) is 4.18. The Bertz CT molecular complexity index is 292. The molecule has 0 spiro atoms. The summed E-state index contributed by atoms with van der Waals surface area (Å²) >= 11 is 1.74. The number of thioether (sulfide) groups is 1. The molecule has 2 unspecified atom stereocenters. The standard InChI is InChI=1S/C10H21NO3S2/c1-15-10-6-4-5-9(10)11-16(13,14)8-3-2-7-12/h9-12H,2-8H2,1H3. The minimum Gasteiger partial charge on any atom is -0.396 e. The lowest BCUT2D eigenvalue weighted by Crippen LogP contribution is -2.39. The normalized spacial score (nSPS) is 26.1. The van der Waals surface area contributed by atoms with Gasteiger partial charge in [-0.2, -0.15) is 11.8 Å². The van der Waals surface area contributed by atoms with Gasteiger partial charge in [0.1, 0.15) is 0 Å². The van der Waals surface area contributed by atoms with E-state index in [2.05, 4.69) is 4.72 Å². The van der Waals surface area contributed by atoms with Gasteiger partial charge < -0.3 is 5.11 Å². The fraction of sp³-hybridized carbons (Fsp3) is 1.00. The highest BCUT2D eigenvalue weighted by atomic mass is 32.2. The van der Waals surface area contributed by atoms with E-state index in [9.17, 15) is 8.42 Å². The Morgan fingerprint density at radius 1 is 1.38 bits per heavy atom. The summed E-state index contributed by atoms with van der Waals surface area (Å²) in [6, 6.07) is 0.106. The molecule has 16 heavy (non-hydrogen) atoms. The van der Waals surface area contributed by atoms with Crippen LogP contribution in [-0.2, 0) is 10.0 Å². The lowest BCUT2D eigenvalue weighted by atomic mass is 10.3. The van der Waals surface area contributed by atoms with E-state index in [1.54, 1.807) is 11.8 Å². The average molecular weight is 267 g/mol. The van der Waals surface area contributed by atoms with Crippen LogP contribution in [0.25, 0.3) is 0 Å². The second-order valence-corrected chi connectivity index (χ2v) is 7.13. The first-order valence-corrected chi connectivity index (χ1v) is 8.66. The Kier molecular flexibility index (Phi) is 6.10. The minimum atomic E-state index is -3.15. The lowest BCUT2D eigenvalue weighted by Gasteiger charge is -2.18. The van der Waals surface area contributed by atoms with Crippen molar-refractivity contribution >= 4 is 21.8 Å². The van der Waals surface area contributed by atoms with Gasteiger partial charge >= 0.3 is 0 Å². The number of unbranched alkanes of at least 4 members (excludes halogenated alkanes) is 1. The summed E-state index contributed by atoms with van der Waals surface area (Å²) in [7, 11) is -3.15. The van der Waals surface area contributed by atoms with Gasteiger partial charge in [0.25, 0.3) is 0 Å². The van der Waals surface area contributed by atoms with Gasteiger partial charge in [0.2, 0.25) is 10.0 Å². The molecule has 6 heteroatoms. The van der Waals surface area contributed by atoms with Crippen LogP contribution in [0.1, 0.15) is 32.1 Å². The Hall–Kier alpha value is 0.220. The molecule has 1 aliphatic rings. The van der Waals surface area contributed by atoms with Crippen molar-refractivity contribution in [3.05, 3.63) is 0 Å². The molecule has 0 aromatic carbocycles. The van der Waals surface area contributed by atoms with Gasteiger partial charge in [0.05, 0.1) is 5.75 Å². The first kappa shape index (κ1) is 14.3. The third-order valence-electron chi connectivity index (χ3n) is 2.91. The second kappa shape index (κ2) is 6.83. The predicted octanol–water partition coefficient (Wildman–Crippen LogP) is 0.962. The third kappa shape index (κ3) is 4.61. The number of rotatable bonds is 7. The largest absolute Gasteiger partial charge is 0.396 e. The van der Waals surface area contributed by atoms with Crippen molar-refractivity contribution in [1.82, 2.24) is 4.72 Å². The van der Waals surface area contributed by atoms with E-state index in [1.807, 2.05) is 6.26 Å². The molecule has 2 atom stereocenters. The molecule has 0 radical (unpaired) electrons. The first-order chi connectivity index (χ1) is 7.59. The molecule has 1 aliphatic carbocycles. The summed E-state index contributed by atoms with van der Waals surface area (Å²) in [5, 5.41) is 9.03. The smallest absolute Gasteiger partial charge is 0.211 e. The van der Waals surface area contributed by atoms with Crippen molar-refractivity contribution in [1.29, 1.82) is 0 Å². The van der Waals surface area contributed by atoms with Crippen molar-refractivity contribution in [3.63, 3.8) is 0 Å². The van der Waals surface area contributed by atoms with Gasteiger partial charge in [-0.3, -0.25) is 0 Å². The van der Waals surface area contributed by atoms with Crippen LogP contribution in [0.15, 0.2) is 0 Å². The Morgan fingerprint density at radius 3 is 2.75 bits per heavy atom. The zero-order chi connectivity index (χ0) is 12.0. The van der Waals surface area contributed by atoms with Gasteiger partial charge in [-0.15, -0.1) is 0 Å². The topological polar surface area (TPSA) is 66.4 Å². The van der Waals surface area contributed by atoms with Crippen LogP contribution in [-0.4, -0.2) is 43.4 Å². The number of sulfonamides is 1. The van der Waals surface area contributed by atoms with E-state index in [0.717, 1.165) is 19.3 Å². The summed E-state index contributed by atoms with van der Waals surface area (Å²) in [6.07, 6.45) is 6.27. The monoisotopic (exact) mass is 267 g/mol. The Labute approximate surface area is 102 Å². The Morgan fingerprint density at radius 2 is 2.12 bits per heavy atom. The van der Waals surface area contributed by atoms with Crippen molar-refractivity contribution in [2.45, 2.75) is 43.4 Å². The molecule has 0 aromatic rings. The minimum absolute atomic E-state index is 0.0619. The molecule has 4 nitrogen and oxygen atoms in total. The highest BCUT2D eigenvalue weighted by Gasteiger charge is 2.29. The van der Waals surface area contributed by atoms with Gasteiger partial charge in [-0.05, 0) is 31.9 Å². The van der Waals surface area contributed by atoms with Crippen LogP contribution in [0.5, 0.6) is 0 Å². The lowest BCUT2D eigenvalue weighted by molar-refractivity contribution is 0.287. The van der Waals surface area contributed by atoms with E-state index in [-0.39, 0.29) is 18.4 Å². The zero-order valence-electron chi connectivity index (χ0n) is 9.68. The van der Waals surface area contributed by atoms with Crippen LogP contribution in [0.3, 0.4) is 0 Å². The van der Waals surface area contributed by atoms with E-state index >= 15 is 0 Å². The summed E-state index contributed by atoms with van der Waals surface area (Å²) < 4.78 is 26.2.